The highest BCUT2D eigenvalue weighted by Gasteiger charge is 2.26. The van der Waals surface area contributed by atoms with Crippen LogP contribution in [0.1, 0.15) is 25.3 Å². The Morgan fingerprint density at radius 2 is 2.26 bits per heavy atom. The molecule has 1 aromatic carbocycles. The lowest BCUT2D eigenvalue weighted by Crippen LogP contribution is -2.39. The molecule has 1 fully saturated rings. The fraction of sp³-hybridized carbons (Fsp3) is 0.412. The first-order valence-electron chi connectivity index (χ1n) is 7.89. The predicted octanol–water partition coefficient (Wildman–Crippen LogP) is 1.98. The van der Waals surface area contributed by atoms with Crippen molar-refractivity contribution in [2.24, 2.45) is 0 Å². The third-order valence-electron chi connectivity index (χ3n) is 4.29. The van der Waals surface area contributed by atoms with Crippen molar-refractivity contribution < 1.29 is 14.0 Å². The predicted molar refractivity (Wildman–Crippen MR) is 85.4 cm³/mol. The van der Waals surface area contributed by atoms with Gasteiger partial charge >= 0.3 is 0 Å². The molecule has 1 unspecified atom stereocenters. The summed E-state index contributed by atoms with van der Waals surface area (Å²) in [6, 6.07) is 4.49. The van der Waals surface area contributed by atoms with Crippen LogP contribution < -0.4 is 5.32 Å². The highest BCUT2D eigenvalue weighted by Crippen LogP contribution is 2.20. The Hall–Kier alpha value is -2.37. The number of aromatic amines is 1. The maximum absolute atomic E-state index is 13.4. The Labute approximate surface area is 133 Å². The first kappa shape index (κ1) is 15.5. The fourth-order valence-electron chi connectivity index (χ4n) is 3.08. The summed E-state index contributed by atoms with van der Waals surface area (Å²) >= 11 is 0. The number of benzene rings is 1. The summed E-state index contributed by atoms with van der Waals surface area (Å²) in [5.74, 6) is -0.303. The van der Waals surface area contributed by atoms with E-state index in [1.54, 1.807) is 17.2 Å². The van der Waals surface area contributed by atoms with Crippen LogP contribution in [0.2, 0.25) is 0 Å². The van der Waals surface area contributed by atoms with E-state index in [1.807, 2.05) is 6.92 Å². The molecule has 0 saturated carbocycles. The largest absolute Gasteiger partial charge is 0.361 e. The number of H-pyrrole nitrogens is 1. The minimum atomic E-state index is -0.316. The highest BCUT2D eigenvalue weighted by molar-refractivity contribution is 5.89. The van der Waals surface area contributed by atoms with Crippen molar-refractivity contribution in [2.75, 3.05) is 13.1 Å². The highest BCUT2D eigenvalue weighted by atomic mass is 19.1. The van der Waals surface area contributed by atoms with E-state index in [0.29, 0.717) is 19.5 Å². The van der Waals surface area contributed by atoms with Gasteiger partial charge in [0.1, 0.15) is 5.82 Å². The van der Waals surface area contributed by atoms with Crippen molar-refractivity contribution in [1.29, 1.82) is 0 Å². The second-order valence-corrected chi connectivity index (χ2v) is 5.93. The molecule has 0 bridgehead atoms. The third-order valence-corrected chi connectivity index (χ3v) is 4.29. The van der Waals surface area contributed by atoms with E-state index >= 15 is 0 Å². The minimum absolute atomic E-state index is 0.0000536. The van der Waals surface area contributed by atoms with Crippen LogP contribution >= 0.6 is 0 Å². The summed E-state index contributed by atoms with van der Waals surface area (Å²) in [7, 11) is 0. The first-order valence-corrected chi connectivity index (χ1v) is 7.89. The molecule has 2 N–H and O–H groups in total. The average molecular weight is 317 g/mol. The van der Waals surface area contributed by atoms with Gasteiger partial charge in [0.25, 0.3) is 0 Å². The number of aromatic nitrogens is 1. The molecule has 5 nitrogen and oxygen atoms in total. The number of rotatable bonds is 4. The third kappa shape index (κ3) is 3.36. The van der Waals surface area contributed by atoms with Gasteiger partial charge in [-0.25, -0.2) is 4.39 Å². The van der Waals surface area contributed by atoms with Gasteiger partial charge in [-0.15, -0.1) is 0 Å². The van der Waals surface area contributed by atoms with E-state index < -0.39 is 0 Å². The van der Waals surface area contributed by atoms with Crippen molar-refractivity contribution in [3.05, 3.63) is 35.8 Å². The molecular weight excluding hydrogens is 297 g/mol. The van der Waals surface area contributed by atoms with Crippen molar-refractivity contribution in [3.8, 4) is 0 Å². The number of likely N-dealkylation sites (tertiary alicyclic amines) is 1. The van der Waals surface area contributed by atoms with E-state index in [9.17, 15) is 14.0 Å². The standard InChI is InChI=1S/C17H20FN3O2/c1-2-17(23)21-6-5-13(10-21)20-16(22)7-11-9-19-15-4-3-12(18)8-14(11)15/h3-4,8-9,13,19H,2,5-7,10H2,1H3,(H,20,22). The molecule has 0 aliphatic carbocycles. The molecule has 1 atom stereocenters. The summed E-state index contributed by atoms with van der Waals surface area (Å²) < 4.78 is 13.4. The quantitative estimate of drug-likeness (QED) is 0.905. The van der Waals surface area contributed by atoms with Crippen LogP contribution in [0.5, 0.6) is 0 Å². The molecule has 1 saturated heterocycles. The summed E-state index contributed by atoms with van der Waals surface area (Å²) in [6.07, 6.45) is 3.20. The van der Waals surface area contributed by atoms with Gasteiger partial charge in [-0.05, 0) is 30.2 Å². The van der Waals surface area contributed by atoms with Gasteiger partial charge in [-0.3, -0.25) is 9.59 Å². The number of hydrogen-bond acceptors (Lipinski definition) is 2. The molecule has 2 heterocycles. The van der Waals surface area contributed by atoms with Crippen molar-refractivity contribution in [3.63, 3.8) is 0 Å². The van der Waals surface area contributed by atoms with E-state index in [4.69, 9.17) is 0 Å². The Morgan fingerprint density at radius 3 is 3.04 bits per heavy atom. The van der Waals surface area contributed by atoms with Gasteiger partial charge in [0, 0.05) is 42.7 Å². The summed E-state index contributed by atoms with van der Waals surface area (Å²) in [5.41, 5.74) is 1.59. The molecular formula is C17H20FN3O2. The lowest BCUT2D eigenvalue weighted by atomic mass is 10.1. The second-order valence-electron chi connectivity index (χ2n) is 5.93. The zero-order valence-electron chi connectivity index (χ0n) is 13.1. The van der Waals surface area contributed by atoms with Crippen molar-refractivity contribution in [2.45, 2.75) is 32.2 Å². The monoisotopic (exact) mass is 317 g/mol. The molecule has 2 aromatic rings. The van der Waals surface area contributed by atoms with Crippen LogP contribution in [-0.2, 0) is 16.0 Å². The van der Waals surface area contributed by atoms with E-state index in [0.717, 1.165) is 22.9 Å². The van der Waals surface area contributed by atoms with Crippen LogP contribution in [0.15, 0.2) is 24.4 Å². The fourth-order valence-corrected chi connectivity index (χ4v) is 3.08. The Balaban J connectivity index is 1.61. The van der Waals surface area contributed by atoms with E-state index in [2.05, 4.69) is 10.3 Å². The lowest BCUT2D eigenvalue weighted by Gasteiger charge is -2.16. The van der Waals surface area contributed by atoms with Crippen LogP contribution in [0.4, 0.5) is 4.39 Å². The minimum Gasteiger partial charge on any atom is -0.361 e. The van der Waals surface area contributed by atoms with Crippen molar-refractivity contribution >= 4 is 22.7 Å². The molecule has 122 valence electrons. The van der Waals surface area contributed by atoms with Crippen LogP contribution in [0, 0.1) is 5.82 Å². The summed E-state index contributed by atoms with van der Waals surface area (Å²) in [5, 5.41) is 3.70. The number of nitrogens with one attached hydrogen (secondary N) is 2. The van der Waals surface area contributed by atoms with E-state index in [1.165, 1.54) is 12.1 Å². The maximum atomic E-state index is 13.4. The van der Waals surface area contributed by atoms with Gasteiger partial charge in [-0.1, -0.05) is 6.92 Å². The van der Waals surface area contributed by atoms with Gasteiger partial charge in [0.2, 0.25) is 11.8 Å². The number of nitrogens with zero attached hydrogens (tertiary/aromatic N) is 1. The number of carbonyl (C=O) groups is 2. The van der Waals surface area contributed by atoms with Gasteiger partial charge in [-0.2, -0.15) is 0 Å². The first-order chi connectivity index (χ1) is 11.1. The molecule has 3 rings (SSSR count). The zero-order chi connectivity index (χ0) is 16.4. The maximum Gasteiger partial charge on any atom is 0.224 e. The smallest absolute Gasteiger partial charge is 0.224 e. The Bertz CT molecular complexity index is 741. The number of hydrogen-bond donors (Lipinski definition) is 2. The van der Waals surface area contributed by atoms with Crippen LogP contribution in [0.3, 0.4) is 0 Å². The molecule has 6 heteroatoms. The number of amides is 2. The number of carbonyl (C=O) groups excluding carboxylic acids is 2. The zero-order valence-corrected chi connectivity index (χ0v) is 13.1. The summed E-state index contributed by atoms with van der Waals surface area (Å²) in [6.45, 7) is 3.10. The van der Waals surface area contributed by atoms with Crippen LogP contribution in [-0.4, -0.2) is 40.8 Å². The molecule has 0 radical (unpaired) electrons. The molecule has 23 heavy (non-hydrogen) atoms. The Kier molecular flexibility index (Phi) is 4.32. The molecule has 2 amide bonds. The number of halogens is 1. The van der Waals surface area contributed by atoms with E-state index in [-0.39, 0.29) is 30.1 Å². The molecule has 1 aliphatic rings. The topological polar surface area (TPSA) is 65.2 Å². The molecule has 1 aromatic heterocycles. The second kappa shape index (κ2) is 6.40. The van der Waals surface area contributed by atoms with Crippen LogP contribution in [0.25, 0.3) is 10.9 Å². The summed E-state index contributed by atoms with van der Waals surface area (Å²) in [4.78, 5) is 28.7. The SMILES string of the molecule is CCC(=O)N1CCC(NC(=O)Cc2c[nH]c3ccc(F)cc23)C1. The van der Waals surface area contributed by atoms with Gasteiger partial charge in [0.05, 0.1) is 6.42 Å². The van der Waals surface area contributed by atoms with Gasteiger partial charge < -0.3 is 15.2 Å². The van der Waals surface area contributed by atoms with Gasteiger partial charge in [0.15, 0.2) is 0 Å². The normalized spacial score (nSPS) is 17.7. The Morgan fingerprint density at radius 1 is 1.43 bits per heavy atom. The molecule has 0 spiro atoms. The lowest BCUT2D eigenvalue weighted by molar-refractivity contribution is -0.130. The van der Waals surface area contributed by atoms with Crippen molar-refractivity contribution in [1.82, 2.24) is 15.2 Å². The average Bonchev–Trinajstić information content (AvgIpc) is 3.14. The number of fused-ring (bicyclic) bond motifs is 1. The molecule has 1 aliphatic heterocycles.